The first-order chi connectivity index (χ1) is 12.7. The molecule has 2 N–H and O–H groups in total. The molecule has 0 aliphatic heterocycles. The van der Waals surface area contributed by atoms with Gasteiger partial charge in [-0.1, -0.05) is 30.9 Å². The van der Waals surface area contributed by atoms with Crippen molar-refractivity contribution in [2.75, 3.05) is 34.3 Å². The number of para-hydroxylation sites is 1. The summed E-state index contributed by atoms with van der Waals surface area (Å²) >= 11 is 0. The smallest absolute Gasteiger partial charge is 0.191 e. The Balaban J connectivity index is 0.00000364. The zero-order valence-corrected chi connectivity index (χ0v) is 18.5. The lowest BCUT2D eigenvalue weighted by molar-refractivity contribution is 0.258. The van der Waals surface area contributed by atoms with Crippen molar-refractivity contribution in [3.8, 4) is 5.75 Å². The number of benzene rings is 1. The Bertz CT molecular complexity index is 702. The van der Waals surface area contributed by atoms with E-state index in [4.69, 9.17) is 9.15 Å². The normalized spacial score (nSPS) is 12.2. The summed E-state index contributed by atoms with van der Waals surface area (Å²) in [6.07, 6.45) is 3.43. The highest BCUT2D eigenvalue weighted by atomic mass is 127. The summed E-state index contributed by atoms with van der Waals surface area (Å²) in [6, 6.07) is 11.9. The Morgan fingerprint density at radius 3 is 2.67 bits per heavy atom. The second-order valence-electron chi connectivity index (χ2n) is 6.01. The number of furan rings is 1. The summed E-state index contributed by atoms with van der Waals surface area (Å²) < 4.78 is 11.2. The van der Waals surface area contributed by atoms with Gasteiger partial charge in [-0.15, -0.1) is 24.0 Å². The van der Waals surface area contributed by atoms with Gasteiger partial charge in [0.2, 0.25) is 0 Å². The van der Waals surface area contributed by atoms with E-state index in [0.717, 1.165) is 23.0 Å². The van der Waals surface area contributed by atoms with E-state index >= 15 is 0 Å². The Morgan fingerprint density at radius 1 is 1.26 bits per heavy atom. The molecule has 0 saturated heterocycles. The standard InChI is InChI=1S/C20H28N4O2.HI/c1-5-12-25-18-10-7-6-9-16(18)14-22-20(21-2)23-15-17(24(3)4)19-11-8-13-26-19;/h5-11,13,17H,1,12,14-15H2,2-4H3,(H2,21,22,23);1H. The quantitative estimate of drug-likeness (QED) is 0.247. The molecule has 148 valence electrons. The van der Waals surface area contributed by atoms with E-state index in [1.165, 1.54) is 0 Å². The minimum absolute atomic E-state index is 0. The van der Waals surface area contributed by atoms with Crippen LogP contribution in [0.15, 0.2) is 64.7 Å². The summed E-state index contributed by atoms with van der Waals surface area (Å²) in [7, 11) is 5.81. The summed E-state index contributed by atoms with van der Waals surface area (Å²) in [5.74, 6) is 2.49. The molecular formula is C20H29IN4O2. The fourth-order valence-corrected chi connectivity index (χ4v) is 2.55. The van der Waals surface area contributed by atoms with Crippen LogP contribution in [0.3, 0.4) is 0 Å². The number of likely N-dealkylation sites (N-methyl/N-ethyl adjacent to an activating group) is 1. The Hall–Kier alpha value is -2.00. The molecule has 0 spiro atoms. The lowest BCUT2D eigenvalue weighted by atomic mass is 10.2. The summed E-state index contributed by atoms with van der Waals surface area (Å²) in [4.78, 5) is 6.40. The van der Waals surface area contributed by atoms with Gasteiger partial charge in [-0.2, -0.15) is 0 Å². The molecule has 1 aromatic carbocycles. The third kappa shape index (κ3) is 7.26. The molecule has 0 bridgehead atoms. The van der Waals surface area contributed by atoms with E-state index in [0.29, 0.717) is 19.7 Å². The Labute approximate surface area is 178 Å². The van der Waals surface area contributed by atoms with Gasteiger partial charge < -0.3 is 19.8 Å². The third-order valence-electron chi connectivity index (χ3n) is 3.96. The summed E-state index contributed by atoms with van der Waals surface area (Å²) in [6.45, 7) is 5.46. The van der Waals surface area contributed by atoms with E-state index in [-0.39, 0.29) is 30.0 Å². The number of guanidine groups is 1. The fraction of sp³-hybridized carbons (Fsp3) is 0.350. The molecular weight excluding hydrogens is 455 g/mol. The van der Waals surface area contributed by atoms with Crippen molar-refractivity contribution < 1.29 is 9.15 Å². The van der Waals surface area contributed by atoms with E-state index < -0.39 is 0 Å². The topological polar surface area (TPSA) is 62.0 Å². The molecule has 27 heavy (non-hydrogen) atoms. The van der Waals surface area contributed by atoms with Gasteiger partial charge in [-0.3, -0.25) is 9.89 Å². The maximum Gasteiger partial charge on any atom is 0.191 e. The average Bonchev–Trinajstić information content (AvgIpc) is 3.17. The molecule has 2 aromatic rings. The lowest BCUT2D eigenvalue weighted by Crippen LogP contribution is -2.41. The van der Waals surface area contributed by atoms with Crippen LogP contribution >= 0.6 is 24.0 Å². The van der Waals surface area contributed by atoms with Crippen molar-refractivity contribution in [2.45, 2.75) is 12.6 Å². The predicted molar refractivity (Wildman–Crippen MR) is 121 cm³/mol. The Morgan fingerprint density at radius 2 is 2.04 bits per heavy atom. The first-order valence-electron chi connectivity index (χ1n) is 8.61. The maximum atomic E-state index is 5.69. The monoisotopic (exact) mass is 484 g/mol. The highest BCUT2D eigenvalue weighted by Gasteiger charge is 2.17. The molecule has 0 aliphatic rings. The van der Waals surface area contributed by atoms with Crippen molar-refractivity contribution in [2.24, 2.45) is 4.99 Å². The molecule has 0 radical (unpaired) electrons. The first-order valence-corrected chi connectivity index (χ1v) is 8.61. The van der Waals surface area contributed by atoms with Crippen LogP contribution in [-0.4, -0.2) is 45.2 Å². The predicted octanol–water partition coefficient (Wildman–Crippen LogP) is 3.43. The van der Waals surface area contributed by atoms with Gasteiger partial charge in [0.15, 0.2) is 5.96 Å². The van der Waals surface area contributed by atoms with Crippen LogP contribution in [0.2, 0.25) is 0 Å². The molecule has 6 nitrogen and oxygen atoms in total. The first kappa shape index (κ1) is 23.0. The average molecular weight is 484 g/mol. The second-order valence-corrected chi connectivity index (χ2v) is 6.01. The maximum absolute atomic E-state index is 5.69. The molecule has 1 unspecified atom stereocenters. The number of rotatable bonds is 9. The van der Waals surface area contributed by atoms with E-state index in [1.807, 2.05) is 50.5 Å². The van der Waals surface area contributed by atoms with Gasteiger partial charge in [0.25, 0.3) is 0 Å². The molecule has 1 aromatic heterocycles. The van der Waals surface area contributed by atoms with Crippen molar-refractivity contribution >= 4 is 29.9 Å². The number of hydrogen-bond donors (Lipinski definition) is 2. The zero-order valence-electron chi connectivity index (χ0n) is 16.1. The number of hydrogen-bond acceptors (Lipinski definition) is 4. The number of aliphatic imine (C=N–C) groups is 1. The molecule has 7 heteroatoms. The van der Waals surface area contributed by atoms with E-state index in [2.05, 4.69) is 27.1 Å². The second kappa shape index (κ2) is 12.4. The molecule has 0 amide bonds. The van der Waals surface area contributed by atoms with Crippen LogP contribution in [0, 0.1) is 0 Å². The van der Waals surface area contributed by atoms with E-state index in [9.17, 15) is 0 Å². The third-order valence-corrected chi connectivity index (χ3v) is 3.96. The van der Waals surface area contributed by atoms with Crippen molar-refractivity contribution in [3.63, 3.8) is 0 Å². The molecule has 0 fully saturated rings. The minimum atomic E-state index is 0. The van der Waals surface area contributed by atoms with Gasteiger partial charge in [-0.25, -0.2) is 0 Å². The van der Waals surface area contributed by atoms with Gasteiger partial charge in [0, 0.05) is 25.7 Å². The zero-order chi connectivity index (χ0) is 18.8. The molecule has 1 atom stereocenters. The highest BCUT2D eigenvalue weighted by molar-refractivity contribution is 14.0. The minimum Gasteiger partial charge on any atom is -0.489 e. The highest BCUT2D eigenvalue weighted by Crippen LogP contribution is 2.18. The van der Waals surface area contributed by atoms with Crippen LogP contribution in [0.1, 0.15) is 17.4 Å². The van der Waals surface area contributed by atoms with Crippen LogP contribution in [0.5, 0.6) is 5.75 Å². The van der Waals surface area contributed by atoms with E-state index in [1.54, 1.807) is 19.4 Å². The van der Waals surface area contributed by atoms with Crippen LogP contribution in [-0.2, 0) is 6.54 Å². The molecule has 1 heterocycles. The summed E-state index contributed by atoms with van der Waals surface area (Å²) in [5.41, 5.74) is 1.06. The van der Waals surface area contributed by atoms with Crippen LogP contribution < -0.4 is 15.4 Å². The summed E-state index contributed by atoms with van der Waals surface area (Å²) in [5, 5.41) is 6.68. The number of nitrogens with zero attached hydrogens (tertiary/aromatic N) is 2. The number of ether oxygens (including phenoxy) is 1. The van der Waals surface area contributed by atoms with Crippen molar-refractivity contribution in [1.82, 2.24) is 15.5 Å². The van der Waals surface area contributed by atoms with Gasteiger partial charge in [0.1, 0.15) is 18.1 Å². The SMILES string of the molecule is C=CCOc1ccccc1CNC(=NC)NCC(c1ccco1)N(C)C.I. The van der Waals surface area contributed by atoms with Gasteiger partial charge in [0.05, 0.1) is 12.3 Å². The van der Waals surface area contributed by atoms with Crippen molar-refractivity contribution in [1.29, 1.82) is 0 Å². The molecule has 0 saturated carbocycles. The number of nitrogens with one attached hydrogen (secondary N) is 2. The van der Waals surface area contributed by atoms with Crippen LogP contribution in [0.25, 0.3) is 0 Å². The van der Waals surface area contributed by atoms with Crippen molar-refractivity contribution in [3.05, 3.63) is 66.6 Å². The molecule has 0 aliphatic carbocycles. The lowest BCUT2D eigenvalue weighted by Gasteiger charge is -2.23. The van der Waals surface area contributed by atoms with Gasteiger partial charge >= 0.3 is 0 Å². The van der Waals surface area contributed by atoms with Gasteiger partial charge in [-0.05, 0) is 32.3 Å². The number of halogens is 1. The van der Waals surface area contributed by atoms with Crippen LogP contribution in [0.4, 0.5) is 0 Å². The Kier molecular flexibility index (Phi) is 10.6. The fourth-order valence-electron chi connectivity index (χ4n) is 2.55. The molecule has 2 rings (SSSR count). The largest absolute Gasteiger partial charge is 0.489 e.